The standard InChI is InChI=1S/C17H15FN4S/c18-15-9-5-4-6-13(15)12-23-17-20-19-16-21(10-11-22(16)17)14-7-2-1-3-8-14/h1-9H,10-12H2. The van der Waals surface area contributed by atoms with Gasteiger partial charge in [-0.05, 0) is 23.8 Å². The first kappa shape index (κ1) is 14.3. The van der Waals surface area contributed by atoms with Gasteiger partial charge in [0.15, 0.2) is 5.16 Å². The number of thioether (sulfide) groups is 1. The lowest BCUT2D eigenvalue weighted by Crippen LogP contribution is -2.13. The monoisotopic (exact) mass is 326 g/mol. The van der Waals surface area contributed by atoms with Gasteiger partial charge in [-0.25, -0.2) is 4.39 Å². The summed E-state index contributed by atoms with van der Waals surface area (Å²) in [4.78, 5) is 2.15. The predicted octanol–water partition coefficient (Wildman–Crippen LogP) is 3.86. The highest BCUT2D eigenvalue weighted by atomic mass is 32.2. The minimum Gasteiger partial charge on any atom is -0.309 e. The second kappa shape index (κ2) is 6.04. The zero-order chi connectivity index (χ0) is 15.6. The van der Waals surface area contributed by atoms with E-state index in [-0.39, 0.29) is 5.82 Å². The SMILES string of the molecule is Fc1ccccc1CSc1nnc2n1CCN2c1ccccc1. The number of para-hydroxylation sites is 1. The molecule has 0 aliphatic carbocycles. The molecule has 0 amide bonds. The molecule has 0 saturated carbocycles. The topological polar surface area (TPSA) is 34.0 Å². The van der Waals surface area contributed by atoms with Crippen molar-refractivity contribution in [1.82, 2.24) is 14.8 Å². The Morgan fingerprint density at radius 1 is 0.957 bits per heavy atom. The number of hydrogen-bond acceptors (Lipinski definition) is 4. The van der Waals surface area contributed by atoms with Crippen molar-refractivity contribution < 1.29 is 4.39 Å². The highest BCUT2D eigenvalue weighted by Crippen LogP contribution is 2.33. The summed E-state index contributed by atoms with van der Waals surface area (Å²) in [5.41, 5.74) is 1.80. The van der Waals surface area contributed by atoms with Crippen LogP contribution in [0, 0.1) is 5.82 Å². The first-order valence-corrected chi connectivity index (χ1v) is 8.43. The van der Waals surface area contributed by atoms with E-state index in [4.69, 9.17) is 0 Å². The largest absolute Gasteiger partial charge is 0.309 e. The van der Waals surface area contributed by atoms with E-state index in [0.29, 0.717) is 11.3 Å². The molecule has 0 radical (unpaired) electrons. The maximum Gasteiger partial charge on any atom is 0.232 e. The molecule has 0 bridgehead atoms. The average molecular weight is 326 g/mol. The van der Waals surface area contributed by atoms with Gasteiger partial charge in [0.1, 0.15) is 5.82 Å². The quantitative estimate of drug-likeness (QED) is 0.682. The summed E-state index contributed by atoms with van der Waals surface area (Å²) in [6.07, 6.45) is 0. The van der Waals surface area contributed by atoms with Crippen molar-refractivity contribution in [3.63, 3.8) is 0 Å². The third-order valence-corrected chi connectivity index (χ3v) is 4.88. The van der Waals surface area contributed by atoms with Crippen LogP contribution in [0.4, 0.5) is 16.0 Å². The Labute approximate surface area is 138 Å². The minimum absolute atomic E-state index is 0.174. The van der Waals surface area contributed by atoms with Crippen LogP contribution in [0.25, 0.3) is 0 Å². The van der Waals surface area contributed by atoms with Crippen molar-refractivity contribution in [2.24, 2.45) is 0 Å². The van der Waals surface area contributed by atoms with Crippen molar-refractivity contribution in [1.29, 1.82) is 0 Å². The van der Waals surface area contributed by atoms with Crippen LogP contribution in [0.15, 0.2) is 59.8 Å². The maximum absolute atomic E-state index is 13.7. The Hall–Kier alpha value is -2.34. The van der Waals surface area contributed by atoms with Gasteiger partial charge in [-0.3, -0.25) is 4.57 Å². The molecule has 0 unspecified atom stereocenters. The third kappa shape index (κ3) is 2.70. The number of rotatable bonds is 4. The van der Waals surface area contributed by atoms with Crippen molar-refractivity contribution in [3.8, 4) is 0 Å². The summed E-state index contributed by atoms with van der Waals surface area (Å²) < 4.78 is 15.8. The normalized spacial score (nSPS) is 13.3. The maximum atomic E-state index is 13.7. The molecule has 4 nitrogen and oxygen atoms in total. The smallest absolute Gasteiger partial charge is 0.232 e. The summed E-state index contributed by atoms with van der Waals surface area (Å²) in [5, 5.41) is 9.42. The summed E-state index contributed by atoms with van der Waals surface area (Å²) in [6.45, 7) is 1.72. The van der Waals surface area contributed by atoms with E-state index < -0.39 is 0 Å². The Balaban J connectivity index is 1.54. The zero-order valence-electron chi connectivity index (χ0n) is 12.4. The fourth-order valence-electron chi connectivity index (χ4n) is 2.69. The van der Waals surface area contributed by atoms with Gasteiger partial charge in [-0.15, -0.1) is 10.2 Å². The first-order chi connectivity index (χ1) is 11.3. The van der Waals surface area contributed by atoms with E-state index in [1.165, 1.54) is 17.8 Å². The second-order valence-corrected chi connectivity index (χ2v) is 6.24. The Morgan fingerprint density at radius 2 is 1.74 bits per heavy atom. The lowest BCUT2D eigenvalue weighted by molar-refractivity contribution is 0.617. The number of nitrogens with zero attached hydrogens (tertiary/aromatic N) is 4. The molecule has 6 heteroatoms. The summed E-state index contributed by atoms with van der Waals surface area (Å²) in [5.74, 6) is 1.23. The molecule has 0 N–H and O–H groups in total. The molecule has 116 valence electrons. The Morgan fingerprint density at radius 3 is 2.57 bits per heavy atom. The van der Waals surface area contributed by atoms with Gasteiger partial charge in [0.05, 0.1) is 0 Å². The van der Waals surface area contributed by atoms with Gasteiger partial charge in [-0.2, -0.15) is 0 Å². The van der Waals surface area contributed by atoms with Crippen molar-refractivity contribution in [2.75, 3.05) is 11.4 Å². The molecule has 0 spiro atoms. The molecule has 4 rings (SSSR count). The van der Waals surface area contributed by atoms with E-state index >= 15 is 0 Å². The number of halogens is 1. The molecule has 2 heterocycles. The van der Waals surface area contributed by atoms with Crippen molar-refractivity contribution >= 4 is 23.4 Å². The van der Waals surface area contributed by atoms with E-state index in [1.54, 1.807) is 12.1 Å². The number of hydrogen-bond donors (Lipinski definition) is 0. The summed E-state index contributed by atoms with van der Waals surface area (Å²) in [6, 6.07) is 17.0. The van der Waals surface area contributed by atoms with Crippen LogP contribution in [-0.2, 0) is 12.3 Å². The van der Waals surface area contributed by atoms with Crippen LogP contribution in [0.5, 0.6) is 0 Å². The van der Waals surface area contributed by atoms with Crippen molar-refractivity contribution in [3.05, 3.63) is 66.0 Å². The second-order valence-electron chi connectivity index (χ2n) is 5.30. The van der Waals surface area contributed by atoms with E-state index in [9.17, 15) is 4.39 Å². The molecule has 23 heavy (non-hydrogen) atoms. The van der Waals surface area contributed by atoms with Crippen molar-refractivity contribution in [2.45, 2.75) is 17.5 Å². The van der Waals surface area contributed by atoms with Gasteiger partial charge < -0.3 is 4.90 Å². The van der Waals surface area contributed by atoms with Crippen LogP contribution < -0.4 is 4.90 Å². The lowest BCUT2D eigenvalue weighted by Gasteiger charge is -2.14. The highest BCUT2D eigenvalue weighted by Gasteiger charge is 2.25. The van der Waals surface area contributed by atoms with Crippen LogP contribution in [-0.4, -0.2) is 21.3 Å². The fourth-order valence-corrected chi connectivity index (χ4v) is 3.64. The van der Waals surface area contributed by atoms with E-state index in [1.807, 2.05) is 24.3 Å². The van der Waals surface area contributed by atoms with Crippen LogP contribution in [0.1, 0.15) is 5.56 Å². The molecule has 0 fully saturated rings. The van der Waals surface area contributed by atoms with Gasteiger partial charge >= 0.3 is 0 Å². The van der Waals surface area contributed by atoms with Gasteiger partial charge in [-0.1, -0.05) is 48.2 Å². The summed E-state index contributed by atoms with van der Waals surface area (Å²) >= 11 is 1.52. The molecule has 3 aromatic rings. The highest BCUT2D eigenvalue weighted by molar-refractivity contribution is 7.98. The van der Waals surface area contributed by atoms with E-state index in [0.717, 1.165) is 29.9 Å². The van der Waals surface area contributed by atoms with Gasteiger partial charge in [0.2, 0.25) is 5.95 Å². The molecular weight excluding hydrogens is 311 g/mol. The van der Waals surface area contributed by atoms with Crippen LogP contribution >= 0.6 is 11.8 Å². The molecule has 1 aliphatic heterocycles. The predicted molar refractivity (Wildman–Crippen MR) is 89.4 cm³/mol. The number of anilines is 2. The molecule has 0 atom stereocenters. The van der Waals surface area contributed by atoms with E-state index in [2.05, 4.69) is 31.8 Å². The molecule has 2 aromatic carbocycles. The Bertz CT molecular complexity index is 818. The number of benzene rings is 2. The first-order valence-electron chi connectivity index (χ1n) is 7.45. The van der Waals surface area contributed by atoms with Gasteiger partial charge in [0.25, 0.3) is 0 Å². The summed E-state index contributed by atoms with van der Waals surface area (Å²) in [7, 11) is 0. The van der Waals surface area contributed by atoms with Gasteiger partial charge in [0, 0.05) is 24.5 Å². The van der Waals surface area contributed by atoms with Crippen LogP contribution in [0.3, 0.4) is 0 Å². The van der Waals surface area contributed by atoms with Crippen LogP contribution in [0.2, 0.25) is 0 Å². The number of aromatic nitrogens is 3. The average Bonchev–Trinajstić information content (AvgIpc) is 3.17. The third-order valence-electron chi connectivity index (χ3n) is 3.87. The number of fused-ring (bicyclic) bond motifs is 1. The zero-order valence-corrected chi connectivity index (χ0v) is 13.2. The minimum atomic E-state index is -0.174. The fraction of sp³-hybridized carbons (Fsp3) is 0.176. The lowest BCUT2D eigenvalue weighted by atomic mass is 10.2. The molecule has 1 aliphatic rings. The molecule has 0 saturated heterocycles. The Kier molecular flexibility index (Phi) is 3.75. The molecule has 1 aromatic heterocycles. The molecular formula is C17H15FN4S.